The zero-order valence-electron chi connectivity index (χ0n) is 23.6. The van der Waals surface area contributed by atoms with Crippen molar-refractivity contribution in [1.29, 1.82) is 0 Å². The highest BCUT2D eigenvalue weighted by Crippen LogP contribution is 2.45. The fourth-order valence-electron chi connectivity index (χ4n) is 5.14. The number of amidine groups is 1. The van der Waals surface area contributed by atoms with E-state index in [0.717, 1.165) is 11.4 Å². The van der Waals surface area contributed by atoms with Crippen LogP contribution in [-0.2, 0) is 16.6 Å². The van der Waals surface area contributed by atoms with E-state index in [9.17, 15) is 14.4 Å². The summed E-state index contributed by atoms with van der Waals surface area (Å²) in [5.41, 5.74) is 3.74. The fourth-order valence-corrected chi connectivity index (χ4v) is 8.07. The van der Waals surface area contributed by atoms with Gasteiger partial charge in [0.2, 0.25) is 11.0 Å². The molecule has 0 spiro atoms. The number of aromatic nitrogens is 3. The van der Waals surface area contributed by atoms with E-state index in [1.54, 1.807) is 14.5 Å². The maximum atomic E-state index is 14.0. The summed E-state index contributed by atoms with van der Waals surface area (Å²) in [4.78, 5) is 53.7. The molecule has 2 saturated heterocycles. The van der Waals surface area contributed by atoms with E-state index in [-0.39, 0.29) is 23.1 Å². The van der Waals surface area contributed by atoms with Gasteiger partial charge in [-0.2, -0.15) is 4.99 Å². The van der Waals surface area contributed by atoms with Gasteiger partial charge < -0.3 is 0 Å². The molecule has 0 saturated carbocycles. The molecular weight excluding hydrogens is 613 g/mol. The lowest BCUT2D eigenvalue weighted by atomic mass is 10.2. The van der Waals surface area contributed by atoms with Crippen molar-refractivity contribution >= 4 is 68.3 Å². The molecule has 2 amide bonds. The van der Waals surface area contributed by atoms with E-state index in [1.807, 2.05) is 115 Å². The van der Waals surface area contributed by atoms with Crippen LogP contribution in [0.2, 0.25) is 0 Å². The largest absolute Gasteiger partial charge is 0.285 e. The molecule has 2 aliphatic rings. The van der Waals surface area contributed by atoms with Crippen LogP contribution < -0.4 is 15.4 Å². The summed E-state index contributed by atoms with van der Waals surface area (Å²) in [5, 5.41) is 3.23. The molecule has 12 heteroatoms. The van der Waals surface area contributed by atoms with Crippen molar-refractivity contribution in [1.82, 2.24) is 14.3 Å². The van der Waals surface area contributed by atoms with Crippen molar-refractivity contribution in [2.45, 2.75) is 6.92 Å². The van der Waals surface area contributed by atoms with E-state index in [2.05, 4.69) is 0 Å². The number of hydrogen-bond donors (Lipinski definition) is 0. The SMILES string of the molecule is Cc1c(-c2csc(N=C3S/C(=C4/SCC(=O)N4c4ccccc4)C(=O)N3c3ccccc3)n2)c(=O)n(-c2ccccc2)n1C. The normalized spacial score (nSPS) is 17.8. The number of carbonyl (C=O) groups excluding carboxylic acids is 2. The first kappa shape index (κ1) is 28.1. The van der Waals surface area contributed by atoms with Gasteiger partial charge in [-0.25, -0.2) is 9.67 Å². The van der Waals surface area contributed by atoms with Crippen LogP contribution in [0.3, 0.4) is 0 Å². The number of para-hydroxylation sites is 3. The standard InChI is InChI=1S/C32H24N6O3S3/c1-20-26(28(40)38(35(20)2)23-16-10-5-11-17-23)24-18-43-31(33-24)34-32-37(22-14-8-4-9-15-22)29(41)27(44-32)30-36(25(39)19-42-30)21-12-6-3-7-13-21/h3-18H,19H2,1-2H3/b30-27+,34-32?. The van der Waals surface area contributed by atoms with Crippen molar-refractivity contribution < 1.29 is 9.59 Å². The van der Waals surface area contributed by atoms with E-state index in [1.165, 1.54) is 34.9 Å². The molecule has 0 aliphatic carbocycles. The number of aliphatic imine (C=N–C) groups is 1. The molecule has 2 aromatic heterocycles. The van der Waals surface area contributed by atoms with Crippen LogP contribution in [0.1, 0.15) is 5.69 Å². The predicted molar refractivity (Wildman–Crippen MR) is 179 cm³/mol. The minimum atomic E-state index is -0.264. The minimum Gasteiger partial charge on any atom is -0.285 e. The van der Waals surface area contributed by atoms with Gasteiger partial charge in [-0.15, -0.1) is 11.3 Å². The number of thioether (sulfide) groups is 2. The number of carbonyl (C=O) groups is 2. The van der Waals surface area contributed by atoms with E-state index >= 15 is 0 Å². The highest BCUT2D eigenvalue weighted by molar-refractivity contribution is 8.20. The Kier molecular flexibility index (Phi) is 7.32. The molecule has 7 rings (SSSR count). The van der Waals surface area contributed by atoms with Gasteiger partial charge in [0.25, 0.3) is 11.5 Å². The Morgan fingerprint density at radius 2 is 1.39 bits per heavy atom. The van der Waals surface area contributed by atoms with Crippen LogP contribution in [0.25, 0.3) is 16.9 Å². The third-order valence-corrected chi connectivity index (χ3v) is 10.2. The molecule has 2 aliphatic heterocycles. The lowest BCUT2D eigenvalue weighted by Gasteiger charge is -2.18. The second kappa shape index (κ2) is 11.5. The van der Waals surface area contributed by atoms with E-state index < -0.39 is 0 Å². The lowest BCUT2D eigenvalue weighted by molar-refractivity contribution is -0.115. The van der Waals surface area contributed by atoms with Crippen LogP contribution in [0, 0.1) is 6.92 Å². The summed E-state index contributed by atoms with van der Waals surface area (Å²) in [7, 11) is 1.85. The second-order valence-electron chi connectivity index (χ2n) is 9.91. The Hall–Kier alpha value is -4.65. The van der Waals surface area contributed by atoms with Gasteiger partial charge in [-0.05, 0) is 55.1 Å². The maximum Gasteiger partial charge on any atom is 0.281 e. The number of thiazole rings is 1. The highest BCUT2D eigenvalue weighted by Gasteiger charge is 2.42. The van der Waals surface area contributed by atoms with E-state index in [4.69, 9.17) is 9.98 Å². The van der Waals surface area contributed by atoms with Crippen molar-refractivity contribution in [3.05, 3.63) is 122 Å². The summed E-state index contributed by atoms with van der Waals surface area (Å²) in [6, 6.07) is 28.1. The number of anilines is 2. The monoisotopic (exact) mass is 636 g/mol. The molecule has 0 N–H and O–H groups in total. The summed E-state index contributed by atoms with van der Waals surface area (Å²) in [5.74, 6) is -0.108. The number of benzene rings is 3. The van der Waals surface area contributed by atoms with Crippen LogP contribution >= 0.6 is 34.9 Å². The Bertz CT molecular complexity index is 2030. The third kappa shape index (κ3) is 4.80. The first-order chi connectivity index (χ1) is 21.4. The summed E-state index contributed by atoms with van der Waals surface area (Å²) in [6.07, 6.45) is 0. The molecule has 44 heavy (non-hydrogen) atoms. The Balaban J connectivity index is 1.30. The van der Waals surface area contributed by atoms with Crippen LogP contribution in [0.15, 0.2) is 116 Å². The first-order valence-electron chi connectivity index (χ1n) is 13.6. The molecule has 9 nitrogen and oxygen atoms in total. The van der Waals surface area contributed by atoms with Gasteiger partial charge in [0.1, 0.15) is 9.93 Å². The number of hydrogen-bond acceptors (Lipinski definition) is 8. The van der Waals surface area contributed by atoms with Crippen LogP contribution in [0.5, 0.6) is 0 Å². The maximum absolute atomic E-state index is 14.0. The molecule has 218 valence electrons. The van der Waals surface area contributed by atoms with E-state index in [0.29, 0.717) is 42.9 Å². The molecular formula is C32H24N6O3S3. The van der Waals surface area contributed by atoms with Crippen molar-refractivity contribution in [2.24, 2.45) is 12.0 Å². The number of amides is 2. The summed E-state index contributed by atoms with van der Waals surface area (Å²) < 4.78 is 3.44. The van der Waals surface area contributed by atoms with Gasteiger partial charge >= 0.3 is 0 Å². The van der Waals surface area contributed by atoms with Crippen molar-refractivity contribution in [3.8, 4) is 16.9 Å². The molecule has 0 radical (unpaired) electrons. The Labute approximate surface area is 265 Å². The number of nitrogens with zero attached hydrogens (tertiary/aromatic N) is 6. The topological polar surface area (TPSA) is 92.8 Å². The molecule has 0 atom stereocenters. The summed E-state index contributed by atoms with van der Waals surface area (Å²) >= 11 is 3.86. The van der Waals surface area contributed by atoms with Gasteiger partial charge in [0.05, 0.1) is 28.4 Å². The lowest BCUT2D eigenvalue weighted by Crippen LogP contribution is -2.30. The zero-order valence-corrected chi connectivity index (χ0v) is 26.0. The third-order valence-electron chi connectivity index (χ3n) is 7.28. The smallest absolute Gasteiger partial charge is 0.281 e. The van der Waals surface area contributed by atoms with Crippen molar-refractivity contribution in [3.63, 3.8) is 0 Å². The van der Waals surface area contributed by atoms with Gasteiger partial charge in [0, 0.05) is 23.8 Å². The van der Waals surface area contributed by atoms with Crippen molar-refractivity contribution in [2.75, 3.05) is 15.6 Å². The van der Waals surface area contributed by atoms with Crippen LogP contribution in [-0.4, -0.2) is 37.1 Å². The van der Waals surface area contributed by atoms with Gasteiger partial charge in [-0.1, -0.05) is 66.4 Å². The van der Waals surface area contributed by atoms with Gasteiger partial charge in [-0.3, -0.25) is 28.9 Å². The first-order valence-corrected chi connectivity index (χ1v) is 16.3. The average Bonchev–Trinajstić information content (AvgIpc) is 3.79. The van der Waals surface area contributed by atoms with Crippen LogP contribution in [0.4, 0.5) is 16.5 Å². The highest BCUT2D eigenvalue weighted by atomic mass is 32.2. The summed E-state index contributed by atoms with van der Waals surface area (Å²) in [6.45, 7) is 1.89. The second-order valence-corrected chi connectivity index (χ2v) is 12.7. The average molecular weight is 637 g/mol. The predicted octanol–water partition coefficient (Wildman–Crippen LogP) is 6.32. The minimum absolute atomic E-state index is 0.0855. The Morgan fingerprint density at radius 1 is 0.795 bits per heavy atom. The molecule has 5 aromatic rings. The Morgan fingerprint density at radius 3 is 2.02 bits per heavy atom. The fraction of sp³-hybridized carbons (Fsp3) is 0.0938. The van der Waals surface area contributed by atoms with Gasteiger partial charge in [0.15, 0.2) is 5.17 Å². The quantitative estimate of drug-likeness (QED) is 0.210. The molecule has 0 unspecified atom stereocenters. The molecule has 3 aromatic carbocycles. The molecule has 0 bridgehead atoms. The zero-order chi connectivity index (χ0) is 30.4. The molecule has 4 heterocycles. The number of rotatable bonds is 5. The molecule has 2 fully saturated rings.